The molecule has 5 nitrogen and oxygen atoms in total. The van der Waals surface area contributed by atoms with Crippen LogP contribution < -0.4 is 0 Å². The summed E-state index contributed by atoms with van der Waals surface area (Å²) in [5.41, 5.74) is 0. The lowest BCUT2D eigenvalue weighted by Crippen LogP contribution is -2.37. The third-order valence-corrected chi connectivity index (χ3v) is 3.70. The molecule has 92 valence electrons. The maximum Gasteiger partial charge on any atom is 0.507 e. The molecule has 0 saturated carbocycles. The number of carboxylic acid groups (broad SMARTS) is 1. The van der Waals surface area contributed by atoms with Crippen LogP contribution in [-0.4, -0.2) is 34.8 Å². The third kappa shape index (κ3) is 2.70. The highest BCUT2D eigenvalue weighted by molar-refractivity contribution is 7.17. The molecule has 0 spiro atoms. The molecule has 1 atom stereocenters. The molecule has 0 aliphatic carbocycles. The van der Waals surface area contributed by atoms with Crippen molar-refractivity contribution in [3.8, 4) is 0 Å². The van der Waals surface area contributed by atoms with E-state index in [0.29, 0.717) is 22.2 Å². The van der Waals surface area contributed by atoms with E-state index in [0.717, 1.165) is 6.42 Å². The van der Waals surface area contributed by atoms with Crippen LogP contribution in [0.15, 0.2) is 12.1 Å². The minimum atomic E-state index is -1.36. The first-order valence-electron chi connectivity index (χ1n) is 5.04. The molecule has 1 saturated heterocycles. The molecular weight excluding hydrogens is 266 g/mol. The predicted molar refractivity (Wildman–Crippen MR) is 62.5 cm³/mol. The number of ether oxygens (including phenoxy) is 1. The molecule has 0 aromatic carbocycles. The van der Waals surface area contributed by atoms with Crippen molar-refractivity contribution in [2.45, 2.75) is 19.1 Å². The summed E-state index contributed by atoms with van der Waals surface area (Å²) >= 11 is 6.93. The smallest absolute Gasteiger partial charge is 0.450 e. The largest absolute Gasteiger partial charge is 0.507 e. The van der Waals surface area contributed by atoms with Crippen LogP contribution >= 0.6 is 22.9 Å². The molecule has 2 heterocycles. The van der Waals surface area contributed by atoms with E-state index >= 15 is 0 Å². The lowest BCUT2D eigenvalue weighted by atomic mass is 10.4. The molecule has 1 N–H and O–H groups in total. The van der Waals surface area contributed by atoms with Crippen LogP contribution in [0.5, 0.6) is 0 Å². The first-order chi connectivity index (χ1) is 8.08. The maximum atomic E-state index is 12.1. The Morgan fingerprint density at radius 1 is 1.53 bits per heavy atom. The average molecular weight is 276 g/mol. The summed E-state index contributed by atoms with van der Waals surface area (Å²) in [6, 6.07) is 3.27. The number of hydrogen-bond donors (Lipinski definition) is 1. The van der Waals surface area contributed by atoms with Crippen molar-refractivity contribution in [1.82, 2.24) is 4.90 Å². The van der Waals surface area contributed by atoms with Crippen molar-refractivity contribution in [2.24, 2.45) is 0 Å². The van der Waals surface area contributed by atoms with Crippen LogP contribution in [0.3, 0.4) is 0 Å². The van der Waals surface area contributed by atoms with Gasteiger partial charge in [0.1, 0.15) is 0 Å². The SMILES string of the molecule is O=C(O)O[C@@H]1CCCN1C(=O)c1ccc(Cl)s1. The highest BCUT2D eigenvalue weighted by Gasteiger charge is 2.32. The summed E-state index contributed by atoms with van der Waals surface area (Å²) in [6.07, 6.45) is -0.764. The Morgan fingerprint density at radius 2 is 2.29 bits per heavy atom. The number of carbonyl (C=O) groups is 2. The Balaban J connectivity index is 2.10. The number of halogens is 1. The molecule has 17 heavy (non-hydrogen) atoms. The van der Waals surface area contributed by atoms with Crippen LogP contribution in [-0.2, 0) is 4.74 Å². The van der Waals surface area contributed by atoms with Crippen LogP contribution in [0.25, 0.3) is 0 Å². The molecule has 2 rings (SSSR count). The van der Waals surface area contributed by atoms with E-state index in [4.69, 9.17) is 16.7 Å². The number of amides is 1. The van der Waals surface area contributed by atoms with E-state index in [9.17, 15) is 9.59 Å². The Labute approximate surface area is 107 Å². The fourth-order valence-electron chi connectivity index (χ4n) is 1.78. The van der Waals surface area contributed by atoms with Gasteiger partial charge in [0.15, 0.2) is 6.23 Å². The summed E-state index contributed by atoms with van der Waals surface area (Å²) in [5, 5.41) is 8.57. The van der Waals surface area contributed by atoms with Crippen molar-refractivity contribution in [1.29, 1.82) is 0 Å². The number of likely N-dealkylation sites (tertiary alicyclic amines) is 1. The minimum absolute atomic E-state index is 0.231. The van der Waals surface area contributed by atoms with Gasteiger partial charge in [0, 0.05) is 13.0 Å². The van der Waals surface area contributed by atoms with E-state index in [1.807, 2.05) is 0 Å². The van der Waals surface area contributed by atoms with Gasteiger partial charge in [-0.25, -0.2) is 4.79 Å². The molecule has 1 aliphatic rings. The highest BCUT2D eigenvalue weighted by atomic mass is 35.5. The Bertz CT molecular complexity index is 447. The zero-order valence-electron chi connectivity index (χ0n) is 8.76. The van der Waals surface area contributed by atoms with Crippen LogP contribution in [0.2, 0.25) is 4.34 Å². The standard InChI is InChI=1S/C10H10ClNO4S/c11-7-4-3-6(17-7)9(13)12-5-1-2-8(12)16-10(14)15/h3-4,8H,1-2,5H2,(H,14,15)/t8-/m1/s1. The lowest BCUT2D eigenvalue weighted by molar-refractivity contribution is -0.00682. The van der Waals surface area contributed by atoms with E-state index in [1.165, 1.54) is 16.2 Å². The van der Waals surface area contributed by atoms with Gasteiger partial charge < -0.3 is 14.7 Å². The molecule has 7 heteroatoms. The van der Waals surface area contributed by atoms with Crippen LogP contribution in [0, 0.1) is 0 Å². The predicted octanol–water partition coefficient (Wildman–Crippen LogP) is 2.66. The second-order valence-electron chi connectivity index (χ2n) is 3.58. The molecule has 0 radical (unpaired) electrons. The quantitative estimate of drug-likeness (QED) is 0.843. The van der Waals surface area contributed by atoms with E-state index in [1.54, 1.807) is 12.1 Å². The summed E-state index contributed by atoms with van der Waals surface area (Å²) < 4.78 is 5.20. The first-order valence-corrected chi connectivity index (χ1v) is 6.23. The number of hydrogen-bond acceptors (Lipinski definition) is 4. The molecule has 1 amide bonds. The van der Waals surface area contributed by atoms with Crippen molar-refractivity contribution >= 4 is 35.0 Å². The van der Waals surface area contributed by atoms with E-state index in [-0.39, 0.29) is 5.91 Å². The fourth-order valence-corrected chi connectivity index (χ4v) is 2.78. The zero-order chi connectivity index (χ0) is 12.4. The van der Waals surface area contributed by atoms with Gasteiger partial charge in [0.2, 0.25) is 0 Å². The molecular formula is C10H10ClNO4S. The summed E-state index contributed by atoms with van der Waals surface area (Å²) in [4.78, 5) is 24.5. The van der Waals surface area contributed by atoms with Gasteiger partial charge in [0.25, 0.3) is 5.91 Å². The van der Waals surface area contributed by atoms with E-state index < -0.39 is 12.4 Å². The summed E-state index contributed by atoms with van der Waals surface area (Å²) in [6.45, 7) is 0.506. The van der Waals surface area contributed by atoms with E-state index in [2.05, 4.69) is 4.74 Å². The summed E-state index contributed by atoms with van der Waals surface area (Å²) in [5.74, 6) is -0.231. The third-order valence-electron chi connectivity index (χ3n) is 2.48. The van der Waals surface area contributed by atoms with Crippen molar-refractivity contribution < 1.29 is 19.4 Å². The van der Waals surface area contributed by atoms with Crippen molar-refractivity contribution in [2.75, 3.05) is 6.54 Å². The number of thiophene rings is 1. The van der Waals surface area contributed by atoms with Gasteiger partial charge in [-0.2, -0.15) is 0 Å². The topological polar surface area (TPSA) is 66.8 Å². The Morgan fingerprint density at radius 3 is 2.88 bits per heavy atom. The zero-order valence-corrected chi connectivity index (χ0v) is 10.3. The molecule has 1 aromatic heterocycles. The lowest BCUT2D eigenvalue weighted by Gasteiger charge is -2.22. The second-order valence-corrected chi connectivity index (χ2v) is 5.30. The first kappa shape index (κ1) is 12.2. The molecule has 1 fully saturated rings. The second kappa shape index (κ2) is 4.93. The van der Waals surface area contributed by atoms with Gasteiger partial charge >= 0.3 is 6.16 Å². The Kier molecular flexibility index (Phi) is 3.54. The Hall–Kier alpha value is -1.27. The molecule has 0 bridgehead atoms. The van der Waals surface area contributed by atoms with Gasteiger partial charge in [-0.1, -0.05) is 11.6 Å². The summed E-state index contributed by atoms with van der Waals surface area (Å²) in [7, 11) is 0. The average Bonchev–Trinajstić information content (AvgIpc) is 2.85. The highest BCUT2D eigenvalue weighted by Crippen LogP contribution is 2.26. The van der Waals surface area contributed by atoms with Crippen LogP contribution in [0.1, 0.15) is 22.5 Å². The number of nitrogens with zero attached hydrogens (tertiary/aromatic N) is 1. The van der Waals surface area contributed by atoms with Gasteiger partial charge in [0.05, 0.1) is 9.21 Å². The normalized spacial score (nSPS) is 19.4. The van der Waals surface area contributed by atoms with Crippen molar-refractivity contribution in [3.63, 3.8) is 0 Å². The van der Waals surface area contributed by atoms with Crippen LogP contribution in [0.4, 0.5) is 4.79 Å². The monoisotopic (exact) mass is 275 g/mol. The minimum Gasteiger partial charge on any atom is -0.450 e. The van der Waals surface area contributed by atoms with Crippen molar-refractivity contribution in [3.05, 3.63) is 21.3 Å². The molecule has 1 aromatic rings. The molecule has 1 aliphatic heterocycles. The number of carbonyl (C=O) groups excluding carboxylic acids is 1. The maximum absolute atomic E-state index is 12.1. The van der Waals surface area contributed by atoms with Gasteiger partial charge in [-0.3, -0.25) is 4.79 Å². The van der Waals surface area contributed by atoms with Gasteiger partial charge in [-0.05, 0) is 18.6 Å². The number of rotatable bonds is 2. The fraction of sp³-hybridized carbons (Fsp3) is 0.400. The van der Waals surface area contributed by atoms with Gasteiger partial charge in [-0.15, -0.1) is 11.3 Å². The molecule has 0 unspecified atom stereocenters.